The van der Waals surface area contributed by atoms with Gasteiger partial charge in [0, 0.05) is 13.0 Å². The molecule has 0 bridgehead atoms. The summed E-state index contributed by atoms with van der Waals surface area (Å²) in [4.78, 5) is 11.9. The summed E-state index contributed by atoms with van der Waals surface area (Å²) in [6.07, 6.45) is 29.6. The third-order valence-corrected chi connectivity index (χ3v) is 6.34. The highest BCUT2D eigenvalue weighted by Crippen LogP contribution is 2.11. The maximum atomic E-state index is 11.9. The molecule has 0 aromatic heterocycles. The lowest BCUT2D eigenvalue weighted by Crippen LogP contribution is -2.27. The van der Waals surface area contributed by atoms with E-state index in [1.807, 2.05) is 0 Å². The van der Waals surface area contributed by atoms with Crippen molar-refractivity contribution in [3.05, 3.63) is 12.2 Å². The van der Waals surface area contributed by atoms with E-state index in [9.17, 15) is 9.90 Å². The molecule has 4 heteroatoms. The van der Waals surface area contributed by atoms with E-state index in [1.165, 1.54) is 109 Å². The van der Waals surface area contributed by atoms with Gasteiger partial charge < -0.3 is 14.6 Å². The van der Waals surface area contributed by atoms with Gasteiger partial charge in [0.15, 0.2) is 0 Å². The number of rotatable bonds is 27. The molecular formula is C30H58O4. The Hall–Kier alpha value is -0.870. The summed E-state index contributed by atoms with van der Waals surface area (Å²) in [7, 11) is 0. The molecule has 0 aliphatic heterocycles. The predicted octanol–water partition coefficient (Wildman–Crippen LogP) is 8.70. The standard InChI is InChI=1S/C30H58O4/c1-3-5-7-9-11-12-13-14-15-16-17-18-20-22-24-26-33-28-29(27-31)34-30(32)25-23-21-19-10-8-6-4-2/h13-14,29,31H,3-12,15-28H2,1-2H3/b14-13-. The first-order chi connectivity index (χ1) is 16.7. The van der Waals surface area contributed by atoms with Crippen molar-refractivity contribution in [1.29, 1.82) is 0 Å². The zero-order valence-corrected chi connectivity index (χ0v) is 22.9. The van der Waals surface area contributed by atoms with E-state index in [0.29, 0.717) is 19.6 Å². The van der Waals surface area contributed by atoms with Crippen molar-refractivity contribution in [3.63, 3.8) is 0 Å². The van der Waals surface area contributed by atoms with Crippen LogP contribution in [0.4, 0.5) is 0 Å². The zero-order valence-electron chi connectivity index (χ0n) is 22.9. The van der Waals surface area contributed by atoms with Crippen LogP contribution >= 0.6 is 0 Å². The van der Waals surface area contributed by atoms with E-state index in [1.54, 1.807) is 0 Å². The van der Waals surface area contributed by atoms with Crippen LogP contribution in [0.3, 0.4) is 0 Å². The van der Waals surface area contributed by atoms with Gasteiger partial charge in [-0.25, -0.2) is 0 Å². The van der Waals surface area contributed by atoms with Gasteiger partial charge in [-0.05, 0) is 38.5 Å². The molecule has 0 aliphatic rings. The van der Waals surface area contributed by atoms with Crippen molar-refractivity contribution in [1.82, 2.24) is 0 Å². The smallest absolute Gasteiger partial charge is 0.306 e. The number of hydrogen-bond acceptors (Lipinski definition) is 4. The van der Waals surface area contributed by atoms with Crippen LogP contribution in [0.5, 0.6) is 0 Å². The monoisotopic (exact) mass is 482 g/mol. The van der Waals surface area contributed by atoms with E-state index in [4.69, 9.17) is 9.47 Å². The van der Waals surface area contributed by atoms with Gasteiger partial charge in [0.25, 0.3) is 0 Å². The van der Waals surface area contributed by atoms with Gasteiger partial charge >= 0.3 is 5.97 Å². The molecule has 0 fully saturated rings. The number of carbonyl (C=O) groups excluding carboxylic acids is 1. The Labute approximate surface area is 212 Å². The van der Waals surface area contributed by atoms with Gasteiger partial charge in [-0.3, -0.25) is 4.79 Å². The Morgan fingerprint density at radius 3 is 1.68 bits per heavy atom. The maximum absolute atomic E-state index is 11.9. The summed E-state index contributed by atoms with van der Waals surface area (Å²) in [5.41, 5.74) is 0. The third kappa shape index (κ3) is 25.7. The molecule has 0 aliphatic carbocycles. The average Bonchev–Trinajstić information content (AvgIpc) is 2.84. The van der Waals surface area contributed by atoms with Crippen molar-refractivity contribution in [2.24, 2.45) is 0 Å². The van der Waals surface area contributed by atoms with E-state index in [-0.39, 0.29) is 12.6 Å². The number of carbonyl (C=O) groups is 1. The average molecular weight is 483 g/mol. The lowest BCUT2D eigenvalue weighted by atomic mass is 10.1. The Morgan fingerprint density at radius 1 is 0.676 bits per heavy atom. The van der Waals surface area contributed by atoms with E-state index in [2.05, 4.69) is 26.0 Å². The fourth-order valence-electron chi connectivity index (χ4n) is 4.08. The summed E-state index contributed by atoms with van der Waals surface area (Å²) in [6.45, 7) is 5.28. The van der Waals surface area contributed by atoms with Crippen molar-refractivity contribution < 1.29 is 19.4 Å². The van der Waals surface area contributed by atoms with Crippen molar-refractivity contribution in [3.8, 4) is 0 Å². The normalized spacial score (nSPS) is 12.4. The van der Waals surface area contributed by atoms with Gasteiger partial charge in [0.2, 0.25) is 0 Å². The molecule has 1 unspecified atom stereocenters. The quantitative estimate of drug-likeness (QED) is 0.0722. The van der Waals surface area contributed by atoms with Crippen LogP contribution in [0.15, 0.2) is 12.2 Å². The molecule has 202 valence electrons. The SMILES string of the molecule is CCCCCCC/C=C\CCCCCCCCOCC(CO)OC(=O)CCCCCCCCC. The van der Waals surface area contributed by atoms with Crippen molar-refractivity contribution in [2.45, 2.75) is 155 Å². The first-order valence-corrected chi connectivity index (χ1v) is 14.8. The minimum atomic E-state index is -0.526. The molecule has 0 rings (SSSR count). The summed E-state index contributed by atoms with van der Waals surface area (Å²) in [5.74, 6) is -0.210. The highest BCUT2D eigenvalue weighted by atomic mass is 16.6. The zero-order chi connectivity index (χ0) is 25.0. The van der Waals surface area contributed by atoms with Gasteiger partial charge in [0.1, 0.15) is 6.10 Å². The first-order valence-electron chi connectivity index (χ1n) is 14.8. The van der Waals surface area contributed by atoms with Crippen LogP contribution < -0.4 is 0 Å². The summed E-state index contributed by atoms with van der Waals surface area (Å²) in [5, 5.41) is 9.44. The van der Waals surface area contributed by atoms with Gasteiger partial charge in [-0.15, -0.1) is 0 Å². The fraction of sp³-hybridized carbons (Fsp3) is 0.900. The molecule has 1 N–H and O–H groups in total. The Bertz CT molecular complexity index is 436. The topological polar surface area (TPSA) is 55.8 Å². The number of ether oxygens (including phenoxy) is 2. The molecular weight excluding hydrogens is 424 g/mol. The summed E-state index contributed by atoms with van der Waals surface area (Å²) < 4.78 is 11.0. The van der Waals surface area contributed by atoms with Crippen LogP contribution in [0.25, 0.3) is 0 Å². The molecule has 0 radical (unpaired) electrons. The van der Waals surface area contributed by atoms with Crippen LogP contribution in [-0.2, 0) is 14.3 Å². The number of unbranched alkanes of at least 4 members (excludes halogenated alkanes) is 17. The van der Waals surface area contributed by atoms with Crippen molar-refractivity contribution in [2.75, 3.05) is 19.8 Å². The summed E-state index contributed by atoms with van der Waals surface area (Å²) in [6, 6.07) is 0. The van der Waals surface area contributed by atoms with E-state index >= 15 is 0 Å². The Morgan fingerprint density at radius 2 is 1.15 bits per heavy atom. The second kappa shape index (κ2) is 28.4. The molecule has 0 saturated carbocycles. The van der Waals surface area contributed by atoms with Crippen LogP contribution in [-0.4, -0.2) is 37.0 Å². The van der Waals surface area contributed by atoms with Crippen LogP contribution in [0, 0.1) is 0 Å². The van der Waals surface area contributed by atoms with E-state index < -0.39 is 6.10 Å². The molecule has 0 aromatic rings. The number of esters is 1. The van der Waals surface area contributed by atoms with Crippen LogP contribution in [0.2, 0.25) is 0 Å². The van der Waals surface area contributed by atoms with Gasteiger partial charge in [0.05, 0.1) is 13.2 Å². The number of hydrogen-bond donors (Lipinski definition) is 1. The second-order valence-electron chi connectivity index (χ2n) is 9.82. The predicted molar refractivity (Wildman–Crippen MR) is 145 cm³/mol. The minimum absolute atomic E-state index is 0.171. The maximum Gasteiger partial charge on any atom is 0.306 e. The molecule has 1 atom stereocenters. The minimum Gasteiger partial charge on any atom is -0.457 e. The van der Waals surface area contributed by atoms with Gasteiger partial charge in [-0.1, -0.05) is 116 Å². The lowest BCUT2D eigenvalue weighted by Gasteiger charge is -2.15. The van der Waals surface area contributed by atoms with Gasteiger partial charge in [-0.2, -0.15) is 0 Å². The van der Waals surface area contributed by atoms with Crippen LogP contribution in [0.1, 0.15) is 149 Å². The molecule has 0 saturated heterocycles. The molecule has 0 amide bonds. The van der Waals surface area contributed by atoms with Crippen molar-refractivity contribution >= 4 is 5.97 Å². The third-order valence-electron chi connectivity index (χ3n) is 6.34. The molecule has 34 heavy (non-hydrogen) atoms. The Balaban J connectivity index is 3.42. The fourth-order valence-corrected chi connectivity index (χ4v) is 4.08. The number of aliphatic hydroxyl groups excluding tert-OH is 1. The first kappa shape index (κ1) is 33.1. The number of allylic oxidation sites excluding steroid dienone is 2. The largest absolute Gasteiger partial charge is 0.457 e. The second-order valence-corrected chi connectivity index (χ2v) is 9.82. The summed E-state index contributed by atoms with van der Waals surface area (Å²) >= 11 is 0. The molecule has 0 aromatic carbocycles. The highest BCUT2D eigenvalue weighted by Gasteiger charge is 2.13. The van der Waals surface area contributed by atoms with E-state index in [0.717, 1.165) is 19.3 Å². The lowest BCUT2D eigenvalue weighted by molar-refractivity contribution is -0.154. The molecule has 0 heterocycles. The highest BCUT2D eigenvalue weighted by molar-refractivity contribution is 5.69. The number of aliphatic hydroxyl groups is 1. The Kier molecular flexibility index (Phi) is 27.6. The molecule has 4 nitrogen and oxygen atoms in total. The molecule has 0 spiro atoms.